The highest BCUT2D eigenvalue weighted by molar-refractivity contribution is 4.82. The van der Waals surface area contributed by atoms with Crippen molar-refractivity contribution in [3.63, 3.8) is 0 Å². The van der Waals surface area contributed by atoms with Crippen molar-refractivity contribution in [3.8, 4) is 0 Å². The summed E-state index contributed by atoms with van der Waals surface area (Å²) < 4.78 is 4.89. The van der Waals surface area contributed by atoms with Gasteiger partial charge in [-0.05, 0) is 6.92 Å². The fraction of sp³-hybridized carbons (Fsp3) is 1.00. The Morgan fingerprint density at radius 3 is 2.60 bits per heavy atom. The van der Waals surface area contributed by atoms with E-state index in [9.17, 15) is 5.11 Å². The standard InChI is InChI=1S/C6H13NO3/c1-3-6(9)4(7)2-5(8)10-3/h3-6,8-9H,2,7H2,1H3/t3?,4?,5-,6-/m1/s1. The van der Waals surface area contributed by atoms with E-state index in [2.05, 4.69) is 0 Å². The Labute approximate surface area is 59.6 Å². The summed E-state index contributed by atoms with van der Waals surface area (Å²) in [4.78, 5) is 0. The van der Waals surface area contributed by atoms with Gasteiger partial charge in [-0.15, -0.1) is 0 Å². The topological polar surface area (TPSA) is 75.7 Å². The minimum absolute atomic E-state index is 0.311. The van der Waals surface area contributed by atoms with Crippen LogP contribution >= 0.6 is 0 Å². The lowest BCUT2D eigenvalue weighted by molar-refractivity contribution is -0.198. The predicted molar refractivity (Wildman–Crippen MR) is 35.2 cm³/mol. The van der Waals surface area contributed by atoms with Gasteiger partial charge in [0.15, 0.2) is 6.29 Å². The average molecular weight is 147 g/mol. The van der Waals surface area contributed by atoms with Gasteiger partial charge in [0.05, 0.1) is 12.2 Å². The summed E-state index contributed by atoms with van der Waals surface area (Å²) in [6, 6.07) is -0.362. The second-order valence-corrected chi connectivity index (χ2v) is 2.69. The van der Waals surface area contributed by atoms with Crippen LogP contribution in [0.4, 0.5) is 0 Å². The highest BCUT2D eigenvalue weighted by Gasteiger charge is 2.31. The van der Waals surface area contributed by atoms with Gasteiger partial charge in [-0.25, -0.2) is 0 Å². The highest BCUT2D eigenvalue weighted by Crippen LogP contribution is 2.16. The third-order valence-corrected chi connectivity index (χ3v) is 1.77. The number of nitrogens with two attached hydrogens (primary N) is 1. The van der Waals surface area contributed by atoms with Crippen LogP contribution in [0.3, 0.4) is 0 Å². The Kier molecular flexibility index (Phi) is 2.25. The molecule has 2 unspecified atom stereocenters. The number of rotatable bonds is 0. The van der Waals surface area contributed by atoms with E-state index in [0.29, 0.717) is 6.42 Å². The Morgan fingerprint density at radius 2 is 2.10 bits per heavy atom. The first-order valence-corrected chi connectivity index (χ1v) is 3.38. The van der Waals surface area contributed by atoms with E-state index in [4.69, 9.17) is 15.6 Å². The minimum Gasteiger partial charge on any atom is -0.389 e. The quantitative estimate of drug-likeness (QED) is 0.402. The monoisotopic (exact) mass is 147 g/mol. The average Bonchev–Trinajstić information content (AvgIpc) is 1.82. The molecule has 4 heteroatoms. The molecule has 0 spiro atoms. The van der Waals surface area contributed by atoms with E-state index < -0.39 is 12.4 Å². The number of aliphatic hydroxyl groups is 2. The van der Waals surface area contributed by atoms with Gasteiger partial charge in [0.1, 0.15) is 0 Å². The summed E-state index contributed by atoms with van der Waals surface area (Å²) in [5.74, 6) is 0. The number of hydrogen-bond donors (Lipinski definition) is 3. The van der Waals surface area contributed by atoms with Crippen LogP contribution in [-0.4, -0.2) is 34.8 Å². The minimum atomic E-state index is -0.812. The van der Waals surface area contributed by atoms with E-state index in [0.717, 1.165) is 0 Å². The van der Waals surface area contributed by atoms with E-state index in [1.165, 1.54) is 0 Å². The molecule has 1 rings (SSSR count). The Balaban J connectivity index is 2.49. The maximum Gasteiger partial charge on any atom is 0.156 e. The summed E-state index contributed by atoms with van der Waals surface area (Å²) >= 11 is 0. The Morgan fingerprint density at radius 1 is 1.50 bits per heavy atom. The van der Waals surface area contributed by atoms with Crippen molar-refractivity contribution in [2.24, 2.45) is 5.73 Å². The Bertz CT molecular complexity index is 108. The molecule has 60 valence electrons. The van der Waals surface area contributed by atoms with Gasteiger partial charge < -0.3 is 20.7 Å². The summed E-state index contributed by atoms with van der Waals surface area (Å²) in [5.41, 5.74) is 5.47. The predicted octanol–water partition coefficient (Wildman–Crippen LogP) is -1.20. The first kappa shape index (κ1) is 7.94. The number of hydrogen-bond acceptors (Lipinski definition) is 4. The van der Waals surface area contributed by atoms with E-state index in [-0.39, 0.29) is 12.1 Å². The van der Waals surface area contributed by atoms with Crippen LogP contribution in [0.5, 0.6) is 0 Å². The van der Waals surface area contributed by atoms with Gasteiger partial charge in [0.2, 0.25) is 0 Å². The molecular weight excluding hydrogens is 134 g/mol. The largest absolute Gasteiger partial charge is 0.389 e. The summed E-state index contributed by atoms with van der Waals surface area (Å²) in [7, 11) is 0. The molecule has 4 N–H and O–H groups in total. The van der Waals surface area contributed by atoms with Crippen LogP contribution in [0.1, 0.15) is 13.3 Å². The SMILES string of the molecule is CC1O[C@@H](O)CC(N)[C@@H]1O. The zero-order chi connectivity index (χ0) is 7.72. The molecule has 0 saturated carbocycles. The molecule has 0 bridgehead atoms. The van der Waals surface area contributed by atoms with Gasteiger partial charge in [0.25, 0.3) is 0 Å². The number of ether oxygens (including phenoxy) is 1. The van der Waals surface area contributed by atoms with Crippen molar-refractivity contribution in [3.05, 3.63) is 0 Å². The van der Waals surface area contributed by atoms with Crippen LogP contribution < -0.4 is 5.73 Å². The molecule has 4 nitrogen and oxygen atoms in total. The molecule has 0 amide bonds. The van der Waals surface area contributed by atoms with Gasteiger partial charge in [-0.2, -0.15) is 0 Å². The maximum absolute atomic E-state index is 9.20. The molecule has 0 aromatic rings. The lowest BCUT2D eigenvalue weighted by Crippen LogP contribution is -2.51. The second kappa shape index (κ2) is 2.84. The zero-order valence-electron chi connectivity index (χ0n) is 5.90. The first-order valence-electron chi connectivity index (χ1n) is 3.38. The lowest BCUT2D eigenvalue weighted by atomic mass is 10.0. The van der Waals surface area contributed by atoms with Gasteiger partial charge >= 0.3 is 0 Å². The first-order chi connectivity index (χ1) is 4.61. The van der Waals surface area contributed by atoms with Crippen molar-refractivity contribution in [1.82, 2.24) is 0 Å². The number of aliphatic hydroxyl groups excluding tert-OH is 2. The molecule has 10 heavy (non-hydrogen) atoms. The van der Waals surface area contributed by atoms with Crippen LogP contribution in [0.2, 0.25) is 0 Å². The van der Waals surface area contributed by atoms with Crippen molar-refractivity contribution >= 4 is 0 Å². The van der Waals surface area contributed by atoms with Crippen molar-refractivity contribution in [2.75, 3.05) is 0 Å². The summed E-state index contributed by atoms with van der Waals surface area (Å²) in [5, 5.41) is 18.2. The summed E-state index contributed by atoms with van der Waals surface area (Å²) in [6.45, 7) is 1.69. The van der Waals surface area contributed by atoms with Crippen molar-refractivity contribution < 1.29 is 14.9 Å². The lowest BCUT2D eigenvalue weighted by Gasteiger charge is -2.33. The van der Waals surface area contributed by atoms with Gasteiger partial charge in [-0.3, -0.25) is 0 Å². The van der Waals surface area contributed by atoms with Gasteiger partial charge in [0, 0.05) is 12.5 Å². The molecule has 0 aromatic heterocycles. The van der Waals surface area contributed by atoms with Crippen LogP contribution in [0.25, 0.3) is 0 Å². The molecule has 1 aliphatic heterocycles. The molecule has 1 fully saturated rings. The van der Waals surface area contributed by atoms with Crippen molar-refractivity contribution in [2.45, 2.75) is 37.9 Å². The highest BCUT2D eigenvalue weighted by atomic mass is 16.6. The molecule has 1 saturated heterocycles. The maximum atomic E-state index is 9.20. The normalized spacial score (nSPS) is 49.2. The molecular formula is C6H13NO3. The van der Waals surface area contributed by atoms with Crippen molar-refractivity contribution in [1.29, 1.82) is 0 Å². The molecule has 4 atom stereocenters. The van der Waals surface area contributed by atoms with Gasteiger partial charge in [-0.1, -0.05) is 0 Å². The fourth-order valence-electron chi connectivity index (χ4n) is 1.10. The van der Waals surface area contributed by atoms with Crippen LogP contribution in [0.15, 0.2) is 0 Å². The fourth-order valence-corrected chi connectivity index (χ4v) is 1.10. The third kappa shape index (κ3) is 1.46. The van der Waals surface area contributed by atoms with Crippen LogP contribution in [-0.2, 0) is 4.74 Å². The van der Waals surface area contributed by atoms with E-state index in [1.54, 1.807) is 6.92 Å². The van der Waals surface area contributed by atoms with E-state index in [1.807, 2.05) is 0 Å². The second-order valence-electron chi connectivity index (χ2n) is 2.69. The molecule has 0 radical (unpaired) electrons. The third-order valence-electron chi connectivity index (χ3n) is 1.77. The van der Waals surface area contributed by atoms with E-state index >= 15 is 0 Å². The molecule has 1 heterocycles. The molecule has 0 aliphatic carbocycles. The summed E-state index contributed by atoms with van der Waals surface area (Å²) in [6.07, 6.45) is -1.51. The molecule has 0 aromatic carbocycles. The molecule has 1 aliphatic rings. The van der Waals surface area contributed by atoms with Crippen LogP contribution in [0, 0.1) is 0 Å². The smallest absolute Gasteiger partial charge is 0.156 e. The zero-order valence-corrected chi connectivity index (χ0v) is 5.90. The Hall–Kier alpha value is -0.160.